The molecule has 0 saturated carbocycles. The van der Waals surface area contributed by atoms with Crippen molar-refractivity contribution >= 4 is 18.4 Å². The molecule has 0 aromatic heterocycles. The molecule has 1 heteroatoms. The van der Waals surface area contributed by atoms with Crippen LogP contribution in [0.3, 0.4) is 0 Å². The van der Waals surface area contributed by atoms with Crippen LogP contribution < -0.4 is 0 Å². The predicted octanol–water partition coefficient (Wildman–Crippen LogP) is 8.01. The van der Waals surface area contributed by atoms with E-state index in [0.29, 0.717) is 3.43 Å². The third-order valence-electron chi connectivity index (χ3n) is 5.97. The van der Waals surface area contributed by atoms with Crippen LogP contribution in [0.4, 0.5) is 0 Å². The number of rotatable bonds is 14. The maximum atomic E-state index is 2.69. The van der Waals surface area contributed by atoms with Crippen LogP contribution in [0.2, 0.25) is 16.7 Å². The van der Waals surface area contributed by atoms with E-state index in [1.54, 1.807) is 13.3 Å². The summed E-state index contributed by atoms with van der Waals surface area (Å²) in [5.41, 5.74) is 0. The van der Waals surface area contributed by atoms with Gasteiger partial charge >= 0.3 is 141 Å². The fourth-order valence-corrected chi connectivity index (χ4v) is 23.9. The van der Waals surface area contributed by atoms with Crippen molar-refractivity contribution in [2.45, 2.75) is 116 Å². The molecule has 0 rings (SSSR count). The average Bonchev–Trinajstić information content (AvgIpc) is 2.52. The molecular weight excluding hydrogens is 359 g/mol. The van der Waals surface area contributed by atoms with Crippen LogP contribution in [-0.4, -0.2) is 18.4 Å². The third-order valence-corrected chi connectivity index (χ3v) is 26.1. The second kappa shape index (κ2) is 12.2. The Morgan fingerprint density at radius 2 is 1.19 bits per heavy atom. The Labute approximate surface area is 140 Å². The molecule has 0 aliphatic carbocycles. The van der Waals surface area contributed by atoms with Crippen molar-refractivity contribution in [2.75, 3.05) is 0 Å². The number of hydrogen-bond acceptors (Lipinski definition) is 0. The van der Waals surface area contributed by atoms with Crippen LogP contribution in [0, 0.1) is 6.42 Å². The van der Waals surface area contributed by atoms with E-state index < -0.39 is 18.4 Å². The van der Waals surface area contributed by atoms with E-state index >= 15 is 0 Å². The van der Waals surface area contributed by atoms with Gasteiger partial charge in [-0.15, -0.1) is 0 Å². The van der Waals surface area contributed by atoms with Crippen molar-refractivity contribution in [2.24, 2.45) is 0 Å². The first-order valence-corrected chi connectivity index (χ1v) is 17.4. The molecule has 0 N–H and O–H groups in total. The molecule has 0 nitrogen and oxygen atoms in total. The Kier molecular flexibility index (Phi) is 12.7. The van der Waals surface area contributed by atoms with Crippen molar-refractivity contribution in [3.8, 4) is 0 Å². The summed E-state index contributed by atoms with van der Waals surface area (Å²) in [6.45, 7) is 14.7. The van der Waals surface area contributed by atoms with Crippen molar-refractivity contribution in [3.05, 3.63) is 6.42 Å². The van der Waals surface area contributed by atoms with Crippen LogP contribution in [0.15, 0.2) is 0 Å². The summed E-state index contributed by atoms with van der Waals surface area (Å²) >= 11 is -2.08. The molecule has 1 unspecified atom stereocenters. The second-order valence-electron chi connectivity index (χ2n) is 7.41. The van der Waals surface area contributed by atoms with Gasteiger partial charge in [-0.1, -0.05) is 0 Å². The van der Waals surface area contributed by atoms with Gasteiger partial charge in [-0.2, -0.15) is 0 Å². The van der Waals surface area contributed by atoms with Gasteiger partial charge in [0.2, 0.25) is 0 Å². The van der Waals surface area contributed by atoms with Crippen LogP contribution >= 0.6 is 0 Å². The van der Waals surface area contributed by atoms with Crippen LogP contribution in [0.5, 0.6) is 0 Å². The first-order valence-electron chi connectivity index (χ1n) is 9.87. The van der Waals surface area contributed by atoms with Crippen LogP contribution in [-0.2, 0) is 0 Å². The Balaban J connectivity index is 5.30. The zero-order chi connectivity index (χ0) is 16.2. The van der Waals surface area contributed by atoms with Gasteiger partial charge in [0.1, 0.15) is 0 Å². The van der Waals surface area contributed by atoms with E-state index in [1.165, 1.54) is 57.8 Å². The molecule has 0 aromatic rings. The minimum atomic E-state index is -2.08. The Hall–Kier alpha value is 0.799. The monoisotopic (exact) mass is 403 g/mol. The standard InChI is InChI=1S/C8H16.3C4H9.Sn/c1-4-6-7-8(3)5-2;3*1-3-4-2;/h6H,4-5,7H2,1-3H3;3*1,3-4H2,2H3;. The van der Waals surface area contributed by atoms with Crippen molar-refractivity contribution < 1.29 is 0 Å². The fraction of sp³-hybridized carbons (Fsp3) is 0.950. The normalized spacial score (nSPS) is 15.1. The molecule has 0 bridgehead atoms. The van der Waals surface area contributed by atoms with Gasteiger partial charge in [-0.3, -0.25) is 0 Å². The molecule has 1 atom stereocenters. The van der Waals surface area contributed by atoms with E-state index in [2.05, 4.69) is 48.0 Å². The molecule has 0 heterocycles. The first kappa shape index (κ1) is 21.8. The maximum absolute atomic E-state index is 2.69. The third kappa shape index (κ3) is 6.83. The second-order valence-corrected chi connectivity index (χ2v) is 22.4. The molecule has 0 fully saturated rings. The van der Waals surface area contributed by atoms with Gasteiger partial charge in [-0.25, -0.2) is 0 Å². The zero-order valence-electron chi connectivity index (χ0n) is 16.1. The molecule has 0 aromatic carbocycles. The molecule has 0 saturated heterocycles. The summed E-state index contributed by atoms with van der Waals surface area (Å²) in [6, 6.07) is 0. The van der Waals surface area contributed by atoms with Crippen molar-refractivity contribution in [1.82, 2.24) is 0 Å². The van der Waals surface area contributed by atoms with E-state index in [0.717, 1.165) is 0 Å². The van der Waals surface area contributed by atoms with E-state index in [9.17, 15) is 0 Å². The van der Waals surface area contributed by atoms with Gasteiger partial charge in [0, 0.05) is 0 Å². The SMILES string of the molecule is CC[CH]C[C](C)(CC)[Sn]([CH2]CCC)([CH2]CCC)[CH2]CCC. The van der Waals surface area contributed by atoms with Crippen molar-refractivity contribution in [1.29, 1.82) is 0 Å². The van der Waals surface area contributed by atoms with Crippen LogP contribution in [0.25, 0.3) is 0 Å². The first-order chi connectivity index (χ1) is 10.1. The molecule has 0 amide bonds. The van der Waals surface area contributed by atoms with Crippen molar-refractivity contribution in [3.63, 3.8) is 0 Å². The summed E-state index contributed by atoms with van der Waals surface area (Å²) in [5.74, 6) is 0. The summed E-state index contributed by atoms with van der Waals surface area (Å²) in [7, 11) is 0. The van der Waals surface area contributed by atoms with Crippen LogP contribution in [0.1, 0.15) is 99.3 Å². The Morgan fingerprint density at radius 3 is 1.48 bits per heavy atom. The van der Waals surface area contributed by atoms with Gasteiger partial charge in [0.05, 0.1) is 0 Å². The van der Waals surface area contributed by atoms with E-state index in [-0.39, 0.29) is 0 Å². The molecular formula is C20H43Sn. The average molecular weight is 402 g/mol. The summed E-state index contributed by atoms with van der Waals surface area (Å²) < 4.78 is 5.69. The molecule has 0 aliphatic heterocycles. The predicted molar refractivity (Wildman–Crippen MR) is 103 cm³/mol. The van der Waals surface area contributed by atoms with Gasteiger partial charge < -0.3 is 0 Å². The topological polar surface area (TPSA) is 0 Å². The molecule has 127 valence electrons. The molecule has 0 aliphatic rings. The summed E-state index contributed by atoms with van der Waals surface area (Å²) in [5, 5.41) is 0. The van der Waals surface area contributed by atoms with Gasteiger partial charge in [0.15, 0.2) is 0 Å². The molecule has 0 spiro atoms. The molecule has 1 radical (unpaired) electrons. The minimum absolute atomic E-state index is 0.712. The van der Waals surface area contributed by atoms with Gasteiger partial charge in [-0.05, 0) is 0 Å². The Morgan fingerprint density at radius 1 is 0.762 bits per heavy atom. The summed E-state index contributed by atoms with van der Waals surface area (Å²) in [4.78, 5) is 0. The molecule has 21 heavy (non-hydrogen) atoms. The van der Waals surface area contributed by atoms with E-state index in [1.807, 2.05) is 0 Å². The van der Waals surface area contributed by atoms with E-state index in [4.69, 9.17) is 0 Å². The Bertz CT molecular complexity index is 214. The fourth-order valence-electron chi connectivity index (χ4n) is 4.02. The number of hydrogen-bond donors (Lipinski definition) is 0. The van der Waals surface area contributed by atoms with Gasteiger partial charge in [0.25, 0.3) is 0 Å². The summed E-state index contributed by atoms with van der Waals surface area (Å²) in [6.07, 6.45) is 15.4. The quantitative estimate of drug-likeness (QED) is 0.258. The number of unbranched alkanes of at least 4 members (excludes halogenated alkanes) is 4. The zero-order valence-corrected chi connectivity index (χ0v) is 18.9.